The molecule has 1 aromatic carbocycles. The van der Waals surface area contributed by atoms with Crippen molar-refractivity contribution < 1.29 is 14.3 Å². The zero-order valence-electron chi connectivity index (χ0n) is 10.7. The number of rotatable bonds is 2. The topological polar surface area (TPSA) is 53.7 Å². The molecule has 0 radical (unpaired) electrons. The Morgan fingerprint density at radius 2 is 2.05 bits per heavy atom. The molecule has 1 aromatic heterocycles. The molecule has 19 heavy (non-hydrogen) atoms. The smallest absolute Gasteiger partial charge is 0.289 e. The van der Waals surface area contributed by atoms with Crippen molar-refractivity contribution in [2.24, 2.45) is 5.92 Å². The zero-order chi connectivity index (χ0) is 13.2. The van der Waals surface area contributed by atoms with Crippen molar-refractivity contribution in [3.8, 4) is 0 Å². The third-order valence-corrected chi connectivity index (χ3v) is 3.80. The number of nitrogens with zero attached hydrogens (tertiary/aromatic N) is 1. The second kappa shape index (κ2) is 5.05. The first-order valence-corrected chi connectivity index (χ1v) is 6.66. The maximum Gasteiger partial charge on any atom is 0.289 e. The number of benzene rings is 1. The molecule has 2 aromatic rings. The third-order valence-electron chi connectivity index (χ3n) is 3.80. The van der Waals surface area contributed by atoms with E-state index in [1.807, 2.05) is 29.2 Å². The van der Waals surface area contributed by atoms with Gasteiger partial charge in [0.25, 0.3) is 5.91 Å². The van der Waals surface area contributed by atoms with Crippen LogP contribution < -0.4 is 0 Å². The van der Waals surface area contributed by atoms with Gasteiger partial charge in [-0.25, -0.2) is 0 Å². The van der Waals surface area contributed by atoms with Crippen LogP contribution in [0.4, 0.5) is 0 Å². The van der Waals surface area contributed by atoms with E-state index >= 15 is 0 Å². The molecule has 4 nitrogen and oxygen atoms in total. The fourth-order valence-corrected chi connectivity index (χ4v) is 2.56. The Morgan fingerprint density at radius 3 is 2.74 bits per heavy atom. The molecule has 1 fully saturated rings. The average Bonchev–Trinajstić information content (AvgIpc) is 2.90. The molecular formula is C15H17NO3. The number of fused-ring (bicyclic) bond motifs is 1. The number of para-hydroxylation sites is 1. The third kappa shape index (κ3) is 2.36. The van der Waals surface area contributed by atoms with Crippen molar-refractivity contribution in [1.29, 1.82) is 0 Å². The minimum Gasteiger partial charge on any atom is -0.451 e. The molecule has 4 heteroatoms. The van der Waals surface area contributed by atoms with Crippen molar-refractivity contribution in [3.05, 3.63) is 36.1 Å². The second-order valence-electron chi connectivity index (χ2n) is 5.07. The fourth-order valence-electron chi connectivity index (χ4n) is 2.56. The van der Waals surface area contributed by atoms with Gasteiger partial charge in [0.05, 0.1) is 0 Å². The van der Waals surface area contributed by atoms with Crippen molar-refractivity contribution in [1.82, 2.24) is 4.90 Å². The largest absolute Gasteiger partial charge is 0.451 e. The molecule has 1 aliphatic rings. The zero-order valence-corrected chi connectivity index (χ0v) is 10.7. The number of aliphatic hydroxyl groups is 1. The Kier molecular flexibility index (Phi) is 3.25. The van der Waals surface area contributed by atoms with Crippen LogP contribution in [0.1, 0.15) is 23.4 Å². The Morgan fingerprint density at radius 1 is 1.32 bits per heavy atom. The average molecular weight is 259 g/mol. The number of hydrogen-bond donors (Lipinski definition) is 1. The summed E-state index contributed by atoms with van der Waals surface area (Å²) in [6, 6.07) is 9.43. The van der Waals surface area contributed by atoms with Gasteiger partial charge in [0.15, 0.2) is 5.76 Å². The van der Waals surface area contributed by atoms with Crippen molar-refractivity contribution in [2.45, 2.75) is 12.8 Å². The summed E-state index contributed by atoms with van der Waals surface area (Å²) >= 11 is 0. The van der Waals surface area contributed by atoms with E-state index < -0.39 is 0 Å². The predicted octanol–water partition coefficient (Wildman–Crippen LogP) is 2.28. The van der Waals surface area contributed by atoms with Crippen LogP contribution in [0.3, 0.4) is 0 Å². The quantitative estimate of drug-likeness (QED) is 0.900. The molecule has 0 spiro atoms. The molecule has 1 amide bonds. The number of carbonyl (C=O) groups excluding carboxylic acids is 1. The molecule has 1 aliphatic heterocycles. The fraction of sp³-hybridized carbons (Fsp3) is 0.400. The Hall–Kier alpha value is -1.81. The van der Waals surface area contributed by atoms with Gasteiger partial charge in [-0.3, -0.25) is 4.79 Å². The molecule has 0 saturated carbocycles. The Balaban J connectivity index is 1.77. The van der Waals surface area contributed by atoms with Gasteiger partial charge in [-0.05, 0) is 30.9 Å². The first kappa shape index (κ1) is 12.2. The van der Waals surface area contributed by atoms with Crippen molar-refractivity contribution >= 4 is 16.9 Å². The molecule has 0 aliphatic carbocycles. The monoisotopic (exact) mass is 259 g/mol. The van der Waals surface area contributed by atoms with Gasteiger partial charge in [-0.2, -0.15) is 0 Å². The number of amides is 1. The van der Waals surface area contributed by atoms with E-state index in [0.29, 0.717) is 24.8 Å². The van der Waals surface area contributed by atoms with Crippen LogP contribution in [0.25, 0.3) is 11.0 Å². The summed E-state index contributed by atoms with van der Waals surface area (Å²) in [4.78, 5) is 14.1. The predicted molar refractivity (Wildman–Crippen MR) is 71.9 cm³/mol. The molecule has 1 N–H and O–H groups in total. The molecule has 0 atom stereocenters. The van der Waals surface area contributed by atoms with Gasteiger partial charge in [-0.15, -0.1) is 0 Å². The summed E-state index contributed by atoms with van der Waals surface area (Å²) in [6.45, 7) is 1.61. The van der Waals surface area contributed by atoms with Gasteiger partial charge in [0.1, 0.15) is 5.58 Å². The minimum absolute atomic E-state index is 0.0485. The molecule has 0 unspecified atom stereocenters. The molecule has 2 heterocycles. The SMILES string of the molecule is O=C(c1cc2ccccc2o1)N1CCC(CO)CC1. The number of carbonyl (C=O) groups is 1. The maximum absolute atomic E-state index is 12.3. The highest BCUT2D eigenvalue weighted by Crippen LogP contribution is 2.23. The van der Waals surface area contributed by atoms with Crippen LogP contribution >= 0.6 is 0 Å². The molecule has 3 rings (SSSR count). The summed E-state index contributed by atoms with van der Waals surface area (Å²) in [5.41, 5.74) is 0.746. The van der Waals surface area contributed by atoms with E-state index in [1.54, 1.807) is 6.07 Å². The summed E-state index contributed by atoms with van der Waals surface area (Å²) < 4.78 is 5.60. The molecule has 1 saturated heterocycles. The van der Waals surface area contributed by atoms with E-state index in [4.69, 9.17) is 9.52 Å². The van der Waals surface area contributed by atoms with Crippen molar-refractivity contribution in [3.63, 3.8) is 0 Å². The van der Waals surface area contributed by atoms with Crippen LogP contribution in [0.2, 0.25) is 0 Å². The number of furan rings is 1. The summed E-state index contributed by atoms with van der Waals surface area (Å²) in [5.74, 6) is 0.691. The van der Waals surface area contributed by atoms with Crippen LogP contribution in [0.5, 0.6) is 0 Å². The van der Waals surface area contributed by atoms with E-state index in [-0.39, 0.29) is 12.5 Å². The van der Waals surface area contributed by atoms with E-state index in [2.05, 4.69) is 0 Å². The summed E-state index contributed by atoms with van der Waals surface area (Å²) in [6.07, 6.45) is 1.73. The standard InChI is InChI=1S/C15H17NO3/c17-10-11-5-7-16(8-6-11)15(18)14-9-12-3-1-2-4-13(12)19-14/h1-4,9,11,17H,5-8,10H2. The van der Waals surface area contributed by atoms with Crippen LogP contribution in [-0.2, 0) is 0 Å². The van der Waals surface area contributed by atoms with Gasteiger partial charge in [0, 0.05) is 25.1 Å². The first-order chi connectivity index (χ1) is 9.28. The van der Waals surface area contributed by atoms with E-state index in [9.17, 15) is 4.79 Å². The highest BCUT2D eigenvalue weighted by molar-refractivity contribution is 5.96. The van der Waals surface area contributed by atoms with Crippen molar-refractivity contribution in [2.75, 3.05) is 19.7 Å². The van der Waals surface area contributed by atoms with Gasteiger partial charge in [-0.1, -0.05) is 18.2 Å². The van der Waals surface area contributed by atoms with Gasteiger partial charge < -0.3 is 14.4 Å². The second-order valence-corrected chi connectivity index (χ2v) is 5.07. The number of likely N-dealkylation sites (tertiary alicyclic amines) is 1. The number of piperidine rings is 1. The molecular weight excluding hydrogens is 242 g/mol. The Labute approximate surface area is 111 Å². The maximum atomic E-state index is 12.3. The summed E-state index contributed by atoms with van der Waals surface area (Å²) in [5, 5.41) is 10.1. The lowest BCUT2D eigenvalue weighted by Gasteiger charge is -2.30. The van der Waals surface area contributed by atoms with Gasteiger partial charge >= 0.3 is 0 Å². The molecule has 0 bridgehead atoms. The van der Waals surface area contributed by atoms with Crippen LogP contribution in [0.15, 0.2) is 34.7 Å². The highest BCUT2D eigenvalue weighted by Gasteiger charge is 2.25. The highest BCUT2D eigenvalue weighted by atomic mass is 16.3. The minimum atomic E-state index is -0.0485. The van der Waals surface area contributed by atoms with E-state index in [1.165, 1.54) is 0 Å². The van der Waals surface area contributed by atoms with Gasteiger partial charge in [0.2, 0.25) is 0 Å². The van der Waals surface area contributed by atoms with E-state index in [0.717, 1.165) is 23.8 Å². The first-order valence-electron chi connectivity index (χ1n) is 6.66. The molecule has 100 valence electrons. The Bertz CT molecular complexity index is 549. The normalized spacial score (nSPS) is 17.0. The summed E-state index contributed by atoms with van der Waals surface area (Å²) in [7, 11) is 0. The van der Waals surface area contributed by atoms with Crippen LogP contribution in [0, 0.1) is 5.92 Å². The number of aliphatic hydroxyl groups excluding tert-OH is 1. The lowest BCUT2D eigenvalue weighted by molar-refractivity contribution is 0.0622. The lowest BCUT2D eigenvalue weighted by atomic mass is 9.98. The van der Waals surface area contributed by atoms with Crippen LogP contribution in [-0.4, -0.2) is 35.6 Å². The number of hydrogen-bond acceptors (Lipinski definition) is 3. The lowest BCUT2D eigenvalue weighted by Crippen LogP contribution is -2.39.